The molecule has 5 rings (SSSR count). The number of fused-ring (bicyclic) bond motifs is 3. The Morgan fingerprint density at radius 1 is 0.938 bits per heavy atom. The first-order chi connectivity index (χ1) is 15.6. The lowest BCUT2D eigenvalue weighted by Gasteiger charge is -2.35. The average molecular weight is 527 g/mol. The fourth-order valence-corrected chi connectivity index (χ4v) is 5.73. The summed E-state index contributed by atoms with van der Waals surface area (Å²) in [5.41, 5.74) is 1.88. The number of benzene rings is 3. The van der Waals surface area contributed by atoms with Gasteiger partial charge in [0.1, 0.15) is 12.1 Å². The molecule has 3 aromatic rings. The van der Waals surface area contributed by atoms with Crippen LogP contribution in [0.1, 0.15) is 39.0 Å². The van der Waals surface area contributed by atoms with Gasteiger partial charge in [-0.3, -0.25) is 4.79 Å². The van der Waals surface area contributed by atoms with Crippen LogP contribution in [-0.2, 0) is 0 Å². The van der Waals surface area contributed by atoms with E-state index >= 15 is 0 Å². The second kappa shape index (κ2) is 7.93. The second-order valence-electron chi connectivity index (χ2n) is 8.08. The molecule has 0 amide bonds. The van der Waals surface area contributed by atoms with Gasteiger partial charge in [0.05, 0.1) is 12.0 Å². The number of halogens is 1. The van der Waals surface area contributed by atoms with Crippen molar-refractivity contribution in [2.45, 2.75) is 17.5 Å². The zero-order chi connectivity index (χ0) is 22.3. The molecule has 0 unspecified atom stereocenters. The van der Waals surface area contributed by atoms with Crippen molar-refractivity contribution in [3.63, 3.8) is 0 Å². The van der Waals surface area contributed by atoms with E-state index in [9.17, 15) is 15.3 Å². The van der Waals surface area contributed by atoms with Crippen LogP contribution >= 0.6 is 22.6 Å². The lowest BCUT2D eigenvalue weighted by Crippen LogP contribution is -2.43. The molecule has 1 fully saturated rings. The van der Waals surface area contributed by atoms with Gasteiger partial charge in [0.2, 0.25) is 5.54 Å². The Bertz CT molecular complexity index is 1300. The van der Waals surface area contributed by atoms with Crippen molar-refractivity contribution in [1.82, 2.24) is 4.90 Å². The monoisotopic (exact) mass is 527 g/mol. The lowest BCUT2D eigenvalue weighted by atomic mass is 9.72. The van der Waals surface area contributed by atoms with Crippen LogP contribution in [0.4, 0.5) is 0 Å². The third-order valence-corrected chi connectivity index (χ3v) is 7.17. The molecule has 2 aliphatic rings. The highest BCUT2D eigenvalue weighted by Gasteiger charge is 2.63. The largest absolute Gasteiger partial charge is 0.340 e. The molecule has 0 N–H and O–H groups in total. The molecule has 0 aromatic heterocycles. The Morgan fingerprint density at radius 3 is 2.38 bits per heavy atom. The number of rotatable bonds is 3. The first-order valence-electron chi connectivity index (χ1n) is 10.3. The van der Waals surface area contributed by atoms with E-state index in [0.717, 1.165) is 20.3 Å². The molecule has 0 bridgehead atoms. The van der Waals surface area contributed by atoms with Crippen molar-refractivity contribution >= 4 is 34.5 Å². The predicted molar refractivity (Wildman–Crippen MR) is 130 cm³/mol. The minimum atomic E-state index is -1.51. The van der Waals surface area contributed by atoms with Gasteiger partial charge in [-0.2, -0.15) is 10.5 Å². The van der Waals surface area contributed by atoms with E-state index in [2.05, 4.69) is 34.7 Å². The first kappa shape index (κ1) is 20.5. The molecule has 0 saturated carbocycles. The van der Waals surface area contributed by atoms with Crippen LogP contribution < -0.4 is 0 Å². The molecular formula is C27H18IN3O. The van der Waals surface area contributed by atoms with Gasteiger partial charge in [0, 0.05) is 21.3 Å². The normalized spacial score (nSPS) is 22.3. The van der Waals surface area contributed by atoms with Crippen molar-refractivity contribution in [2.24, 2.45) is 5.92 Å². The highest BCUT2D eigenvalue weighted by Crippen LogP contribution is 2.58. The zero-order valence-corrected chi connectivity index (χ0v) is 19.2. The number of hydrogen-bond acceptors (Lipinski definition) is 4. The maximum absolute atomic E-state index is 14.0. The zero-order valence-electron chi connectivity index (χ0n) is 17.0. The van der Waals surface area contributed by atoms with E-state index in [-0.39, 0.29) is 5.78 Å². The van der Waals surface area contributed by atoms with Crippen LogP contribution in [0, 0.1) is 32.2 Å². The molecule has 0 aliphatic carbocycles. The van der Waals surface area contributed by atoms with Gasteiger partial charge in [-0.05, 0) is 57.5 Å². The van der Waals surface area contributed by atoms with E-state index < -0.39 is 23.4 Å². The molecule has 2 aliphatic heterocycles. The summed E-state index contributed by atoms with van der Waals surface area (Å²) in [5.74, 6) is -1.26. The highest BCUT2D eigenvalue weighted by molar-refractivity contribution is 14.1. The van der Waals surface area contributed by atoms with Crippen LogP contribution in [0.25, 0.3) is 6.08 Å². The van der Waals surface area contributed by atoms with E-state index in [0.29, 0.717) is 5.56 Å². The molecule has 32 heavy (non-hydrogen) atoms. The molecule has 2 heterocycles. The van der Waals surface area contributed by atoms with Gasteiger partial charge in [-0.15, -0.1) is 0 Å². The molecule has 0 radical (unpaired) electrons. The van der Waals surface area contributed by atoms with Gasteiger partial charge >= 0.3 is 0 Å². The number of nitriles is 2. The van der Waals surface area contributed by atoms with E-state index in [1.807, 2.05) is 96.0 Å². The standard InChI is InChI=1S/C27H18IN3O/c28-21-11-6-10-20(15-21)24-23(26(32)19-8-2-1-3-9-19)25-22-12-5-4-7-18(22)13-14-31(25)27(24,16-29)17-30/h1-15,23-25H/t23-,24+,25-/m0/s1. The fourth-order valence-electron chi connectivity index (χ4n) is 5.16. The summed E-state index contributed by atoms with van der Waals surface area (Å²) >= 11 is 2.23. The highest BCUT2D eigenvalue weighted by atomic mass is 127. The van der Waals surface area contributed by atoms with Crippen LogP contribution in [0.3, 0.4) is 0 Å². The van der Waals surface area contributed by atoms with Gasteiger partial charge in [-0.25, -0.2) is 0 Å². The molecular weight excluding hydrogens is 509 g/mol. The summed E-state index contributed by atoms with van der Waals surface area (Å²) in [5, 5.41) is 20.8. The number of carbonyl (C=O) groups is 1. The first-order valence-corrected chi connectivity index (χ1v) is 11.4. The topological polar surface area (TPSA) is 67.9 Å². The Labute approximate surface area is 200 Å². The number of nitrogens with zero attached hydrogens (tertiary/aromatic N) is 3. The van der Waals surface area contributed by atoms with E-state index in [4.69, 9.17) is 0 Å². The van der Waals surface area contributed by atoms with Crippen molar-refractivity contribution in [2.75, 3.05) is 0 Å². The van der Waals surface area contributed by atoms with Crippen LogP contribution in [0.2, 0.25) is 0 Å². The summed E-state index contributed by atoms with van der Waals surface area (Å²) in [7, 11) is 0. The molecule has 1 saturated heterocycles. The molecule has 4 nitrogen and oxygen atoms in total. The summed E-state index contributed by atoms with van der Waals surface area (Å²) in [4.78, 5) is 15.8. The van der Waals surface area contributed by atoms with Crippen molar-refractivity contribution in [3.8, 4) is 12.1 Å². The van der Waals surface area contributed by atoms with E-state index in [1.165, 1.54) is 0 Å². The smallest absolute Gasteiger partial charge is 0.222 e. The number of ketones is 1. The Hall–Kier alpha value is -3.42. The van der Waals surface area contributed by atoms with Crippen LogP contribution in [0.15, 0.2) is 85.1 Å². The molecule has 3 aromatic carbocycles. The molecule has 0 spiro atoms. The van der Waals surface area contributed by atoms with Crippen molar-refractivity contribution in [3.05, 3.63) is 111 Å². The minimum Gasteiger partial charge on any atom is -0.340 e. The Balaban J connectivity index is 1.80. The summed E-state index contributed by atoms with van der Waals surface area (Å²) < 4.78 is 0.997. The minimum absolute atomic E-state index is 0.0538. The van der Waals surface area contributed by atoms with Crippen molar-refractivity contribution < 1.29 is 4.79 Å². The average Bonchev–Trinajstić information content (AvgIpc) is 3.15. The second-order valence-corrected chi connectivity index (χ2v) is 9.32. The lowest BCUT2D eigenvalue weighted by molar-refractivity contribution is 0.0884. The quantitative estimate of drug-likeness (QED) is 0.324. The molecule has 154 valence electrons. The van der Waals surface area contributed by atoms with Gasteiger partial charge in [0.25, 0.3) is 0 Å². The number of Topliss-reactive ketones (excluding diaryl/α,β-unsaturated/α-hetero) is 1. The van der Waals surface area contributed by atoms with Crippen molar-refractivity contribution in [1.29, 1.82) is 10.5 Å². The fraction of sp³-hybridized carbons (Fsp3) is 0.148. The summed E-state index contributed by atoms with van der Waals surface area (Å²) in [6.07, 6.45) is 3.75. The third-order valence-electron chi connectivity index (χ3n) is 6.50. The maximum atomic E-state index is 14.0. The van der Waals surface area contributed by atoms with E-state index in [1.54, 1.807) is 0 Å². The van der Waals surface area contributed by atoms with Crippen LogP contribution in [0.5, 0.6) is 0 Å². The number of hydrogen-bond donors (Lipinski definition) is 0. The number of carbonyl (C=O) groups excluding carboxylic acids is 1. The van der Waals surface area contributed by atoms with Gasteiger partial charge in [0.15, 0.2) is 5.78 Å². The SMILES string of the molecule is N#CC1(C#N)[C@H](c2cccc(I)c2)[C@H](C(=O)c2ccccc2)[C@@H]2c3ccccc3C=CN21. The van der Waals surface area contributed by atoms with Gasteiger partial charge < -0.3 is 4.90 Å². The Kier molecular flexibility index (Phi) is 5.07. The maximum Gasteiger partial charge on any atom is 0.222 e. The summed E-state index contributed by atoms with van der Waals surface area (Å²) in [6, 6.07) is 29.1. The van der Waals surface area contributed by atoms with Gasteiger partial charge in [-0.1, -0.05) is 66.7 Å². The molecule has 5 heteroatoms. The molecule has 3 atom stereocenters. The summed E-state index contributed by atoms with van der Waals surface area (Å²) in [6.45, 7) is 0. The predicted octanol–water partition coefficient (Wildman–Crippen LogP) is 5.70. The van der Waals surface area contributed by atoms with Crippen LogP contribution in [-0.4, -0.2) is 16.2 Å². The third kappa shape index (κ3) is 2.97. The Morgan fingerprint density at radius 2 is 1.66 bits per heavy atom.